The predicted molar refractivity (Wildman–Crippen MR) is 107 cm³/mol. The highest BCUT2D eigenvalue weighted by molar-refractivity contribution is 7.98. The number of thioether (sulfide) groups is 1. The first kappa shape index (κ1) is 17.1. The Morgan fingerprint density at radius 1 is 1.04 bits per heavy atom. The summed E-state index contributed by atoms with van der Waals surface area (Å²) < 4.78 is 1.81. The topological polar surface area (TPSA) is 34.9 Å². The van der Waals surface area contributed by atoms with Crippen LogP contribution in [0.25, 0.3) is 5.69 Å². The van der Waals surface area contributed by atoms with Gasteiger partial charge in [0.1, 0.15) is 5.03 Å². The van der Waals surface area contributed by atoms with Gasteiger partial charge in [0.15, 0.2) is 0 Å². The molecule has 1 aliphatic carbocycles. The average Bonchev–Trinajstić information content (AvgIpc) is 3.10. The smallest absolute Gasteiger partial charge is 0.265 e. The van der Waals surface area contributed by atoms with E-state index >= 15 is 0 Å². The van der Waals surface area contributed by atoms with Gasteiger partial charge < -0.3 is 0 Å². The number of aryl methyl sites for hydroxylation is 2. The first-order chi connectivity index (χ1) is 12.6. The number of nitrogens with zero attached hydrogens (tertiary/aromatic N) is 2. The molecule has 3 aromatic rings. The third-order valence-corrected chi connectivity index (χ3v) is 5.95. The van der Waals surface area contributed by atoms with Crippen LogP contribution in [0.4, 0.5) is 0 Å². The Morgan fingerprint density at radius 2 is 1.85 bits per heavy atom. The fraction of sp³-hybridized carbons (Fsp3) is 0.273. The molecule has 0 spiro atoms. The Bertz CT molecular complexity index is 1010. The van der Waals surface area contributed by atoms with Crippen molar-refractivity contribution in [3.63, 3.8) is 0 Å². The summed E-state index contributed by atoms with van der Waals surface area (Å²) >= 11 is 1.68. The number of fused-ring (bicyclic) bond motifs is 1. The van der Waals surface area contributed by atoms with Gasteiger partial charge in [0.05, 0.1) is 5.69 Å². The van der Waals surface area contributed by atoms with Gasteiger partial charge in [-0.2, -0.15) is 4.98 Å². The van der Waals surface area contributed by atoms with Gasteiger partial charge >= 0.3 is 5.69 Å². The third-order valence-electron chi connectivity index (χ3n) is 4.86. The van der Waals surface area contributed by atoms with Crippen LogP contribution in [-0.2, 0) is 18.6 Å². The van der Waals surface area contributed by atoms with E-state index in [9.17, 15) is 4.79 Å². The van der Waals surface area contributed by atoms with Gasteiger partial charge in [-0.1, -0.05) is 42.0 Å². The Balaban J connectivity index is 1.70. The quantitative estimate of drug-likeness (QED) is 0.501. The normalized spacial score (nSPS) is 13.0. The molecule has 132 valence electrons. The molecule has 26 heavy (non-hydrogen) atoms. The summed E-state index contributed by atoms with van der Waals surface area (Å²) in [6.07, 6.45) is 3.04. The third kappa shape index (κ3) is 3.34. The lowest BCUT2D eigenvalue weighted by Gasteiger charge is -2.14. The largest absolute Gasteiger partial charge is 0.353 e. The van der Waals surface area contributed by atoms with Crippen molar-refractivity contribution < 1.29 is 0 Å². The summed E-state index contributed by atoms with van der Waals surface area (Å²) in [5.41, 5.74) is 6.83. The second-order valence-corrected chi connectivity index (χ2v) is 7.89. The molecule has 1 aromatic heterocycles. The number of rotatable bonds is 4. The summed E-state index contributed by atoms with van der Waals surface area (Å²) in [5.74, 6) is 0.841. The van der Waals surface area contributed by atoms with Crippen molar-refractivity contribution in [2.75, 3.05) is 0 Å². The fourth-order valence-electron chi connectivity index (χ4n) is 3.51. The van der Waals surface area contributed by atoms with Crippen molar-refractivity contribution >= 4 is 11.8 Å². The number of hydrogen-bond donors (Lipinski definition) is 0. The molecule has 0 aliphatic heterocycles. The van der Waals surface area contributed by atoms with Crippen molar-refractivity contribution in [1.82, 2.24) is 9.55 Å². The van der Waals surface area contributed by atoms with E-state index in [2.05, 4.69) is 42.2 Å². The Hall–Kier alpha value is -2.33. The number of hydrogen-bond acceptors (Lipinski definition) is 3. The zero-order chi connectivity index (χ0) is 18.1. The summed E-state index contributed by atoms with van der Waals surface area (Å²) in [6.45, 7) is 4.14. The zero-order valence-corrected chi connectivity index (χ0v) is 16.0. The second-order valence-electron chi connectivity index (χ2n) is 6.93. The molecule has 0 radical (unpaired) electrons. The van der Waals surface area contributed by atoms with Crippen LogP contribution in [0.15, 0.2) is 58.4 Å². The van der Waals surface area contributed by atoms with Crippen LogP contribution in [0.2, 0.25) is 0 Å². The minimum Gasteiger partial charge on any atom is -0.265 e. The Labute approximate surface area is 158 Å². The highest BCUT2D eigenvalue weighted by Gasteiger charge is 2.22. The Morgan fingerprint density at radius 3 is 2.62 bits per heavy atom. The SMILES string of the molecule is Cc1ccc(CSc2nc(=O)n(-c3cccc(C)c3)c3c2CCC3)cc1. The van der Waals surface area contributed by atoms with E-state index in [0.29, 0.717) is 0 Å². The fourth-order valence-corrected chi connectivity index (χ4v) is 4.55. The van der Waals surface area contributed by atoms with Gasteiger partial charge in [-0.25, -0.2) is 4.79 Å². The van der Waals surface area contributed by atoms with Crippen LogP contribution in [0.5, 0.6) is 0 Å². The molecule has 0 saturated carbocycles. The molecule has 2 aromatic carbocycles. The highest BCUT2D eigenvalue weighted by Crippen LogP contribution is 2.32. The van der Waals surface area contributed by atoms with Crippen LogP contribution in [0.3, 0.4) is 0 Å². The van der Waals surface area contributed by atoms with E-state index in [1.807, 2.05) is 29.7 Å². The van der Waals surface area contributed by atoms with Crippen LogP contribution in [-0.4, -0.2) is 9.55 Å². The summed E-state index contributed by atoms with van der Waals surface area (Å²) in [6, 6.07) is 16.7. The van der Waals surface area contributed by atoms with Crippen molar-refractivity contribution in [3.05, 3.63) is 87.0 Å². The van der Waals surface area contributed by atoms with E-state index in [0.717, 1.165) is 47.0 Å². The van der Waals surface area contributed by atoms with Crippen molar-refractivity contribution in [2.24, 2.45) is 0 Å². The maximum absolute atomic E-state index is 12.8. The molecule has 0 bridgehead atoms. The van der Waals surface area contributed by atoms with Crippen LogP contribution < -0.4 is 5.69 Å². The highest BCUT2D eigenvalue weighted by atomic mass is 32.2. The first-order valence-corrected chi connectivity index (χ1v) is 10.0. The summed E-state index contributed by atoms with van der Waals surface area (Å²) in [5, 5.41) is 0.909. The molecule has 0 fully saturated rings. The molecule has 0 saturated heterocycles. The molecule has 4 heteroatoms. The molecule has 0 amide bonds. The number of benzene rings is 2. The lowest BCUT2D eigenvalue weighted by molar-refractivity contribution is 0.802. The van der Waals surface area contributed by atoms with E-state index in [1.165, 1.54) is 16.7 Å². The van der Waals surface area contributed by atoms with Crippen LogP contribution in [0.1, 0.15) is 34.4 Å². The molecule has 1 heterocycles. The second kappa shape index (κ2) is 7.12. The van der Waals surface area contributed by atoms with Gasteiger partial charge in [0, 0.05) is 17.0 Å². The standard InChI is InChI=1S/C22H22N2OS/c1-15-9-11-17(12-10-15)14-26-21-19-7-4-8-20(19)24(22(25)23-21)18-6-3-5-16(2)13-18/h3,5-6,9-13H,4,7-8,14H2,1-2H3. The minimum absolute atomic E-state index is 0.164. The van der Waals surface area contributed by atoms with Gasteiger partial charge in [0.25, 0.3) is 0 Å². The van der Waals surface area contributed by atoms with Crippen LogP contribution >= 0.6 is 11.8 Å². The first-order valence-electron chi connectivity index (χ1n) is 9.02. The molecule has 3 nitrogen and oxygen atoms in total. The Kier molecular flexibility index (Phi) is 4.68. The zero-order valence-electron chi connectivity index (χ0n) is 15.2. The van der Waals surface area contributed by atoms with Gasteiger partial charge in [-0.05, 0) is 56.4 Å². The average molecular weight is 362 g/mol. The van der Waals surface area contributed by atoms with Gasteiger partial charge in [-0.3, -0.25) is 4.57 Å². The molecule has 0 N–H and O–H groups in total. The summed E-state index contributed by atoms with van der Waals surface area (Å²) in [4.78, 5) is 17.3. The maximum atomic E-state index is 12.8. The molecule has 0 atom stereocenters. The lowest BCUT2D eigenvalue weighted by atomic mass is 10.2. The number of aromatic nitrogens is 2. The summed E-state index contributed by atoms with van der Waals surface area (Å²) in [7, 11) is 0. The molecule has 4 rings (SSSR count). The minimum atomic E-state index is -0.164. The van der Waals surface area contributed by atoms with Crippen LogP contribution in [0, 0.1) is 13.8 Å². The van der Waals surface area contributed by atoms with Crippen molar-refractivity contribution in [2.45, 2.75) is 43.9 Å². The van der Waals surface area contributed by atoms with E-state index < -0.39 is 0 Å². The van der Waals surface area contributed by atoms with E-state index in [1.54, 1.807) is 11.8 Å². The predicted octanol–water partition coefficient (Wildman–Crippen LogP) is 4.63. The molecule has 0 unspecified atom stereocenters. The van der Waals surface area contributed by atoms with E-state index in [-0.39, 0.29) is 5.69 Å². The maximum Gasteiger partial charge on any atom is 0.353 e. The van der Waals surface area contributed by atoms with E-state index in [4.69, 9.17) is 0 Å². The molecular formula is C22H22N2OS. The van der Waals surface area contributed by atoms with Gasteiger partial charge in [0.2, 0.25) is 0 Å². The molecule has 1 aliphatic rings. The van der Waals surface area contributed by atoms with Gasteiger partial charge in [-0.15, -0.1) is 11.8 Å². The van der Waals surface area contributed by atoms with Crippen molar-refractivity contribution in [3.8, 4) is 5.69 Å². The molecular weight excluding hydrogens is 340 g/mol. The lowest BCUT2D eigenvalue weighted by Crippen LogP contribution is -2.25. The van der Waals surface area contributed by atoms with Crippen molar-refractivity contribution in [1.29, 1.82) is 0 Å². The monoisotopic (exact) mass is 362 g/mol.